The zero-order chi connectivity index (χ0) is 17.7. The quantitative estimate of drug-likeness (QED) is 0.715. The summed E-state index contributed by atoms with van der Waals surface area (Å²) in [5.41, 5.74) is 3.63. The molecule has 2 heterocycles. The Hall–Kier alpha value is -1.66. The van der Waals surface area contributed by atoms with E-state index in [2.05, 4.69) is 71.7 Å². The monoisotopic (exact) mass is 332 g/mol. The third-order valence-corrected chi connectivity index (χ3v) is 4.47. The van der Waals surface area contributed by atoms with Crippen molar-refractivity contribution < 1.29 is 0 Å². The minimum absolute atomic E-state index is 0.925. The molecule has 0 aromatic carbocycles. The molecule has 0 aliphatic heterocycles. The first-order chi connectivity index (χ1) is 11.4. The molecule has 0 saturated heterocycles. The molecule has 0 fully saturated rings. The molecule has 2 aromatic heterocycles. The molecule has 1 N–H and O–H groups in total. The predicted octanol–water partition coefficient (Wildman–Crippen LogP) is 2.36. The topological polar surface area (TPSA) is 49.2 Å². The first-order valence-electron chi connectivity index (χ1n) is 8.75. The van der Waals surface area contributed by atoms with Crippen LogP contribution in [-0.4, -0.2) is 72.2 Å². The lowest BCUT2D eigenvalue weighted by molar-refractivity contribution is 0.387. The Labute approximate surface area is 145 Å². The number of hydrogen-bond donors (Lipinski definition) is 1. The summed E-state index contributed by atoms with van der Waals surface area (Å²) in [7, 11) is 8.43. The van der Waals surface area contributed by atoms with E-state index in [9.17, 15) is 0 Å². The lowest BCUT2D eigenvalue weighted by atomic mass is 10.2. The average Bonchev–Trinajstić information content (AvgIpc) is 2.76. The third-order valence-electron chi connectivity index (χ3n) is 4.47. The van der Waals surface area contributed by atoms with Crippen molar-refractivity contribution in [3.8, 4) is 0 Å². The number of anilines is 1. The van der Waals surface area contributed by atoms with Crippen LogP contribution in [0.5, 0.6) is 0 Å². The maximum atomic E-state index is 4.57. The van der Waals surface area contributed by atoms with Gasteiger partial charge >= 0.3 is 0 Å². The van der Waals surface area contributed by atoms with Gasteiger partial charge in [0.15, 0.2) is 0 Å². The molecule has 0 bridgehead atoms. The Morgan fingerprint density at radius 1 is 1.00 bits per heavy atom. The molecule has 134 valence electrons. The Kier molecular flexibility index (Phi) is 6.57. The summed E-state index contributed by atoms with van der Waals surface area (Å²) >= 11 is 0. The Balaban J connectivity index is 2.19. The summed E-state index contributed by atoms with van der Waals surface area (Å²) in [6.45, 7) is 8.43. The fourth-order valence-electron chi connectivity index (χ4n) is 3.02. The molecule has 0 aliphatic carbocycles. The van der Waals surface area contributed by atoms with Gasteiger partial charge in [0.1, 0.15) is 17.8 Å². The first kappa shape index (κ1) is 18.7. The van der Waals surface area contributed by atoms with Gasteiger partial charge in [-0.15, -0.1) is 0 Å². The van der Waals surface area contributed by atoms with E-state index in [4.69, 9.17) is 0 Å². The minimum atomic E-state index is 0.925. The van der Waals surface area contributed by atoms with Gasteiger partial charge in [-0.05, 0) is 73.5 Å². The maximum Gasteiger partial charge on any atom is 0.145 e. The molecule has 6 nitrogen and oxygen atoms in total. The molecular weight excluding hydrogens is 300 g/mol. The SMILES string of the molecule is Cc1c(C)n(CCCN(C)C)c2ncnc(NCCCN(C)C)c12. The van der Waals surface area contributed by atoms with Gasteiger partial charge in [0.05, 0.1) is 5.39 Å². The second-order valence-electron chi connectivity index (χ2n) is 7.02. The number of aromatic nitrogens is 3. The first-order valence-corrected chi connectivity index (χ1v) is 8.75. The highest BCUT2D eigenvalue weighted by Gasteiger charge is 2.16. The molecule has 2 rings (SSSR count). The lowest BCUT2D eigenvalue weighted by Crippen LogP contribution is -2.17. The van der Waals surface area contributed by atoms with Gasteiger partial charge < -0.3 is 19.7 Å². The van der Waals surface area contributed by atoms with Crippen molar-refractivity contribution in [2.45, 2.75) is 33.2 Å². The summed E-state index contributed by atoms with van der Waals surface area (Å²) in [6.07, 6.45) is 3.89. The molecule has 0 amide bonds. The number of rotatable bonds is 9. The van der Waals surface area contributed by atoms with Crippen molar-refractivity contribution in [3.05, 3.63) is 17.6 Å². The van der Waals surface area contributed by atoms with E-state index in [0.717, 1.165) is 50.5 Å². The highest BCUT2D eigenvalue weighted by atomic mass is 15.1. The van der Waals surface area contributed by atoms with Crippen LogP contribution in [0.2, 0.25) is 0 Å². The van der Waals surface area contributed by atoms with Crippen LogP contribution in [0.3, 0.4) is 0 Å². The van der Waals surface area contributed by atoms with Crippen molar-refractivity contribution in [1.82, 2.24) is 24.3 Å². The van der Waals surface area contributed by atoms with Crippen LogP contribution in [0.1, 0.15) is 24.1 Å². The Morgan fingerprint density at radius 2 is 1.67 bits per heavy atom. The molecule has 24 heavy (non-hydrogen) atoms. The van der Waals surface area contributed by atoms with E-state index >= 15 is 0 Å². The zero-order valence-electron chi connectivity index (χ0n) is 16.1. The lowest BCUT2D eigenvalue weighted by Gasteiger charge is -2.12. The average molecular weight is 332 g/mol. The van der Waals surface area contributed by atoms with Gasteiger partial charge in [0, 0.05) is 18.8 Å². The van der Waals surface area contributed by atoms with Crippen LogP contribution in [-0.2, 0) is 6.54 Å². The fourth-order valence-corrected chi connectivity index (χ4v) is 3.02. The van der Waals surface area contributed by atoms with Gasteiger partial charge in [-0.25, -0.2) is 9.97 Å². The van der Waals surface area contributed by atoms with Gasteiger partial charge in [-0.2, -0.15) is 0 Å². The van der Waals surface area contributed by atoms with E-state index < -0.39 is 0 Å². The normalized spacial score (nSPS) is 11.8. The maximum absolute atomic E-state index is 4.57. The number of fused-ring (bicyclic) bond motifs is 1. The second kappa shape index (κ2) is 8.44. The molecule has 0 radical (unpaired) electrons. The molecule has 6 heteroatoms. The van der Waals surface area contributed by atoms with Crippen molar-refractivity contribution >= 4 is 16.9 Å². The predicted molar refractivity (Wildman–Crippen MR) is 102 cm³/mol. The summed E-state index contributed by atoms with van der Waals surface area (Å²) in [6, 6.07) is 0. The zero-order valence-corrected chi connectivity index (χ0v) is 16.1. The highest BCUT2D eigenvalue weighted by molar-refractivity contribution is 5.91. The molecule has 0 spiro atoms. The highest BCUT2D eigenvalue weighted by Crippen LogP contribution is 2.28. The number of hydrogen-bond acceptors (Lipinski definition) is 5. The van der Waals surface area contributed by atoms with Gasteiger partial charge in [-0.1, -0.05) is 0 Å². The van der Waals surface area contributed by atoms with Crippen LogP contribution in [0.15, 0.2) is 6.33 Å². The summed E-state index contributed by atoms with van der Waals surface area (Å²) in [4.78, 5) is 13.5. The van der Waals surface area contributed by atoms with E-state index in [1.54, 1.807) is 6.33 Å². The molecule has 0 aliphatic rings. The van der Waals surface area contributed by atoms with Crippen molar-refractivity contribution in [2.24, 2.45) is 0 Å². The smallest absolute Gasteiger partial charge is 0.145 e. The summed E-state index contributed by atoms with van der Waals surface area (Å²) in [5.74, 6) is 0.964. The van der Waals surface area contributed by atoms with E-state index in [1.165, 1.54) is 16.6 Å². The van der Waals surface area contributed by atoms with Crippen LogP contribution >= 0.6 is 0 Å². The van der Waals surface area contributed by atoms with Crippen LogP contribution < -0.4 is 5.32 Å². The second-order valence-corrected chi connectivity index (χ2v) is 7.02. The largest absolute Gasteiger partial charge is 0.369 e. The minimum Gasteiger partial charge on any atom is -0.369 e. The fraction of sp³-hybridized carbons (Fsp3) is 0.667. The number of aryl methyl sites for hydroxylation is 2. The molecule has 2 aromatic rings. The van der Waals surface area contributed by atoms with E-state index in [-0.39, 0.29) is 0 Å². The third kappa shape index (κ3) is 4.45. The van der Waals surface area contributed by atoms with Crippen LogP contribution in [0.4, 0.5) is 5.82 Å². The van der Waals surface area contributed by atoms with Crippen LogP contribution in [0, 0.1) is 13.8 Å². The molecule has 0 saturated carbocycles. The number of nitrogens with zero attached hydrogens (tertiary/aromatic N) is 5. The van der Waals surface area contributed by atoms with E-state index in [1.807, 2.05) is 0 Å². The molecular formula is C18H32N6. The molecule has 0 unspecified atom stereocenters. The van der Waals surface area contributed by atoms with Crippen LogP contribution in [0.25, 0.3) is 11.0 Å². The van der Waals surface area contributed by atoms with Gasteiger partial charge in [0.25, 0.3) is 0 Å². The summed E-state index contributed by atoms with van der Waals surface area (Å²) < 4.78 is 2.33. The summed E-state index contributed by atoms with van der Waals surface area (Å²) in [5, 5.41) is 4.67. The Bertz CT molecular complexity index is 659. The van der Waals surface area contributed by atoms with Crippen molar-refractivity contribution in [2.75, 3.05) is 53.1 Å². The van der Waals surface area contributed by atoms with Crippen molar-refractivity contribution in [3.63, 3.8) is 0 Å². The van der Waals surface area contributed by atoms with Gasteiger partial charge in [0.2, 0.25) is 0 Å². The Morgan fingerprint density at radius 3 is 2.33 bits per heavy atom. The van der Waals surface area contributed by atoms with Crippen molar-refractivity contribution in [1.29, 1.82) is 0 Å². The standard InChI is InChI=1S/C18H32N6/c1-14-15(2)24(12-8-11-23(5)6)18-16(14)17(20-13-21-18)19-9-7-10-22(3)4/h13H,7-12H2,1-6H3,(H,19,20,21). The molecule has 0 atom stereocenters. The van der Waals surface area contributed by atoms with Gasteiger partial charge in [-0.3, -0.25) is 0 Å². The van der Waals surface area contributed by atoms with E-state index in [0.29, 0.717) is 0 Å². The number of nitrogens with one attached hydrogen (secondary N) is 1.